The zero-order chi connectivity index (χ0) is 22.8. The van der Waals surface area contributed by atoms with Gasteiger partial charge in [-0.1, -0.05) is 0 Å². The summed E-state index contributed by atoms with van der Waals surface area (Å²) in [6.45, 7) is 3.09. The number of fused-ring (bicyclic) bond motifs is 1. The van der Waals surface area contributed by atoms with Gasteiger partial charge < -0.3 is 24.6 Å². The predicted molar refractivity (Wildman–Crippen MR) is 117 cm³/mol. The topological polar surface area (TPSA) is 119 Å². The molecule has 1 atom stereocenters. The predicted octanol–water partition coefficient (Wildman–Crippen LogP) is 0.856. The normalized spacial score (nSPS) is 15.2. The number of methoxy groups -OCH3 is 2. The molecule has 0 amide bonds. The molecule has 0 fully saturated rings. The Morgan fingerprint density at radius 1 is 1.12 bits per heavy atom. The van der Waals surface area contributed by atoms with Crippen molar-refractivity contribution in [1.82, 2.24) is 9.55 Å². The summed E-state index contributed by atoms with van der Waals surface area (Å²) in [6.07, 6.45) is 0.767. The number of nitrogens with one attached hydrogen (secondary N) is 1. The first kappa shape index (κ1) is 21.5. The van der Waals surface area contributed by atoms with E-state index < -0.39 is 23.2 Å². The molecule has 9 nitrogen and oxygen atoms in total. The van der Waals surface area contributed by atoms with Gasteiger partial charge in [0.2, 0.25) is 5.88 Å². The van der Waals surface area contributed by atoms with Gasteiger partial charge in [0.15, 0.2) is 11.5 Å². The number of nitrogens with two attached hydrogens (primary N) is 1. The van der Waals surface area contributed by atoms with Crippen LogP contribution < -0.4 is 30.8 Å². The van der Waals surface area contributed by atoms with Crippen LogP contribution in [0.1, 0.15) is 29.7 Å². The standard InChI is InChI=1S/C23H25N3O6/c1-4-32-15-7-5-14(6-8-15)26-22(28)19(21(27)25-23(26)29)20-16-12-18(31-3)17(30-2)11-13(16)9-10-24-20/h5-8,11-12,20,24,28H,4,9-10H2,1-3H3,(H,25,27,29)/p+1/t20-/m0/s1. The van der Waals surface area contributed by atoms with Crippen LogP contribution in [0.3, 0.4) is 0 Å². The van der Waals surface area contributed by atoms with Crippen LogP contribution in [-0.4, -0.2) is 42.0 Å². The molecular weight excluding hydrogens is 414 g/mol. The van der Waals surface area contributed by atoms with Crippen LogP contribution in [0, 0.1) is 0 Å². The molecule has 0 bridgehead atoms. The van der Waals surface area contributed by atoms with Crippen molar-refractivity contribution in [2.45, 2.75) is 19.4 Å². The maximum Gasteiger partial charge on any atom is 0.335 e. The van der Waals surface area contributed by atoms with Crippen LogP contribution in [0.4, 0.5) is 0 Å². The number of rotatable bonds is 6. The average Bonchev–Trinajstić information content (AvgIpc) is 2.79. The van der Waals surface area contributed by atoms with E-state index in [1.54, 1.807) is 38.5 Å². The van der Waals surface area contributed by atoms with E-state index in [1.807, 2.05) is 24.4 Å². The monoisotopic (exact) mass is 440 g/mol. The number of benzene rings is 2. The van der Waals surface area contributed by atoms with Crippen LogP contribution in [0.15, 0.2) is 46.0 Å². The average molecular weight is 440 g/mol. The molecule has 0 aliphatic carbocycles. The lowest BCUT2D eigenvalue weighted by atomic mass is 9.90. The lowest BCUT2D eigenvalue weighted by Crippen LogP contribution is -2.87. The molecule has 1 aromatic heterocycles. The Hall–Kier alpha value is -3.72. The summed E-state index contributed by atoms with van der Waals surface area (Å²) in [7, 11) is 3.11. The molecular formula is C23H26N3O6+. The van der Waals surface area contributed by atoms with E-state index in [1.165, 1.54) is 0 Å². The number of quaternary nitrogens is 1. The number of hydrogen-bond donors (Lipinski definition) is 3. The van der Waals surface area contributed by atoms with Crippen LogP contribution in [0.2, 0.25) is 0 Å². The van der Waals surface area contributed by atoms with Crippen molar-refractivity contribution in [3.8, 4) is 28.8 Å². The fourth-order valence-electron chi connectivity index (χ4n) is 4.17. The van der Waals surface area contributed by atoms with Crippen LogP contribution in [-0.2, 0) is 6.42 Å². The molecule has 2 aromatic carbocycles. The molecule has 168 valence electrons. The third kappa shape index (κ3) is 3.71. The van der Waals surface area contributed by atoms with Crippen LogP contribution in [0.25, 0.3) is 5.69 Å². The zero-order valence-corrected chi connectivity index (χ0v) is 18.2. The van der Waals surface area contributed by atoms with Crippen molar-refractivity contribution in [1.29, 1.82) is 0 Å². The van der Waals surface area contributed by atoms with Crippen molar-refractivity contribution in [3.63, 3.8) is 0 Å². The third-order valence-corrected chi connectivity index (χ3v) is 5.63. The van der Waals surface area contributed by atoms with Crippen molar-refractivity contribution in [3.05, 3.63) is 73.9 Å². The van der Waals surface area contributed by atoms with Gasteiger partial charge in [-0.15, -0.1) is 0 Å². The first-order valence-electron chi connectivity index (χ1n) is 10.4. The summed E-state index contributed by atoms with van der Waals surface area (Å²) in [4.78, 5) is 27.8. The number of nitrogens with zero attached hydrogens (tertiary/aromatic N) is 1. The fraction of sp³-hybridized carbons (Fsp3) is 0.304. The van der Waals surface area contributed by atoms with E-state index in [0.717, 1.165) is 22.1 Å². The molecule has 1 aliphatic rings. The second-order valence-electron chi connectivity index (χ2n) is 7.42. The Balaban J connectivity index is 1.87. The van der Waals surface area contributed by atoms with E-state index in [2.05, 4.69) is 4.98 Å². The fourth-order valence-corrected chi connectivity index (χ4v) is 4.17. The van der Waals surface area contributed by atoms with Gasteiger partial charge in [0, 0.05) is 12.0 Å². The molecule has 0 unspecified atom stereocenters. The number of H-pyrrole nitrogens is 1. The summed E-state index contributed by atoms with van der Waals surface area (Å²) in [5.74, 6) is 1.38. The number of ether oxygens (including phenoxy) is 3. The Morgan fingerprint density at radius 3 is 2.47 bits per heavy atom. The van der Waals surface area contributed by atoms with Gasteiger partial charge in [0.1, 0.15) is 17.4 Å². The quantitative estimate of drug-likeness (QED) is 0.523. The Bertz CT molecular complexity index is 1250. The molecule has 9 heteroatoms. The second-order valence-corrected chi connectivity index (χ2v) is 7.42. The van der Waals surface area contributed by atoms with Crippen molar-refractivity contribution >= 4 is 0 Å². The second kappa shape index (κ2) is 8.80. The molecule has 0 saturated carbocycles. The van der Waals surface area contributed by atoms with Gasteiger partial charge in [0.25, 0.3) is 5.56 Å². The van der Waals surface area contributed by atoms with Gasteiger partial charge >= 0.3 is 5.69 Å². The van der Waals surface area contributed by atoms with Crippen molar-refractivity contribution in [2.75, 3.05) is 27.4 Å². The van der Waals surface area contributed by atoms with E-state index in [4.69, 9.17) is 14.2 Å². The summed E-state index contributed by atoms with van der Waals surface area (Å²) < 4.78 is 17.4. The Labute approximate surface area is 184 Å². The SMILES string of the molecule is CCOc1ccc(-n2c(O)c([C@H]3[NH2+]CCc4cc(OC)c(OC)cc43)c(=O)[nH]c2=O)cc1. The smallest absolute Gasteiger partial charge is 0.335 e. The Morgan fingerprint density at radius 2 is 1.81 bits per heavy atom. The number of aromatic amines is 1. The highest BCUT2D eigenvalue weighted by Crippen LogP contribution is 2.36. The van der Waals surface area contributed by atoms with Crippen LogP contribution in [0.5, 0.6) is 23.1 Å². The number of hydrogen-bond acceptors (Lipinski definition) is 6. The van der Waals surface area contributed by atoms with Gasteiger partial charge in [-0.3, -0.25) is 9.78 Å². The number of aromatic hydroxyl groups is 1. The third-order valence-electron chi connectivity index (χ3n) is 5.63. The maximum absolute atomic E-state index is 12.8. The van der Waals surface area contributed by atoms with Gasteiger partial charge in [-0.25, -0.2) is 9.36 Å². The van der Waals surface area contributed by atoms with Gasteiger partial charge in [-0.05, 0) is 48.9 Å². The molecule has 0 radical (unpaired) electrons. The Kier molecular flexibility index (Phi) is 5.91. The molecule has 1 aliphatic heterocycles. The minimum atomic E-state index is -0.719. The van der Waals surface area contributed by atoms with Gasteiger partial charge in [0.05, 0.1) is 33.1 Å². The van der Waals surface area contributed by atoms with Crippen molar-refractivity contribution in [2.24, 2.45) is 0 Å². The minimum Gasteiger partial charge on any atom is -0.494 e. The highest BCUT2D eigenvalue weighted by molar-refractivity contribution is 5.52. The molecule has 4 N–H and O–H groups in total. The lowest BCUT2D eigenvalue weighted by Gasteiger charge is -2.26. The summed E-state index contributed by atoms with van der Waals surface area (Å²) in [6, 6.07) is 9.91. The van der Waals surface area contributed by atoms with E-state index in [0.29, 0.717) is 36.1 Å². The van der Waals surface area contributed by atoms with Crippen LogP contribution >= 0.6 is 0 Å². The first-order chi connectivity index (χ1) is 15.5. The number of aromatic nitrogens is 2. The molecule has 3 aromatic rings. The lowest BCUT2D eigenvalue weighted by molar-refractivity contribution is -0.690. The molecule has 0 spiro atoms. The van der Waals surface area contributed by atoms with E-state index >= 15 is 0 Å². The highest BCUT2D eigenvalue weighted by atomic mass is 16.5. The summed E-state index contributed by atoms with van der Waals surface area (Å²) in [5.41, 5.74) is 0.991. The zero-order valence-electron chi connectivity index (χ0n) is 18.2. The first-order valence-corrected chi connectivity index (χ1v) is 10.4. The molecule has 4 rings (SSSR count). The molecule has 2 heterocycles. The summed E-state index contributed by atoms with van der Waals surface area (Å²) in [5, 5.41) is 13.1. The van der Waals surface area contributed by atoms with E-state index in [9.17, 15) is 14.7 Å². The van der Waals surface area contributed by atoms with E-state index in [-0.39, 0.29) is 5.56 Å². The van der Waals surface area contributed by atoms with Crippen molar-refractivity contribution < 1.29 is 24.6 Å². The molecule has 0 saturated heterocycles. The minimum absolute atomic E-state index is 0.103. The largest absolute Gasteiger partial charge is 0.494 e. The summed E-state index contributed by atoms with van der Waals surface area (Å²) >= 11 is 0. The molecule has 32 heavy (non-hydrogen) atoms. The highest BCUT2D eigenvalue weighted by Gasteiger charge is 2.33. The maximum atomic E-state index is 12.8. The van der Waals surface area contributed by atoms with Gasteiger partial charge in [-0.2, -0.15) is 0 Å².